The summed E-state index contributed by atoms with van der Waals surface area (Å²) in [4.78, 5) is 4.74. The molecule has 1 aromatic heterocycles. The summed E-state index contributed by atoms with van der Waals surface area (Å²) >= 11 is 0. The van der Waals surface area contributed by atoms with Crippen molar-refractivity contribution < 1.29 is 4.74 Å². The zero-order valence-electron chi connectivity index (χ0n) is 11.7. The maximum absolute atomic E-state index is 5.99. The van der Waals surface area contributed by atoms with Gasteiger partial charge in [-0.2, -0.15) is 0 Å². The number of aromatic nitrogens is 1. The Kier molecular flexibility index (Phi) is 4.02. The second-order valence-corrected chi connectivity index (χ2v) is 5.93. The number of ether oxygens (including phenoxy) is 1. The topological polar surface area (TPSA) is 48.1 Å². The van der Waals surface area contributed by atoms with Crippen molar-refractivity contribution >= 4 is 0 Å². The standard InChI is InChI=1S/C16H24N2O/c17-10-14-9-13-7-3-4-8-15(13)18-16(14)19-11-12-5-1-2-6-12/h9,12H,1-8,10-11,17H2. The van der Waals surface area contributed by atoms with Crippen LogP contribution in [-0.2, 0) is 19.4 Å². The van der Waals surface area contributed by atoms with E-state index in [1.165, 1.54) is 49.8 Å². The lowest BCUT2D eigenvalue weighted by atomic mass is 9.95. The number of fused-ring (bicyclic) bond motifs is 1. The first-order valence-electron chi connectivity index (χ1n) is 7.71. The molecule has 0 bridgehead atoms. The van der Waals surface area contributed by atoms with Gasteiger partial charge in [0, 0.05) is 17.8 Å². The van der Waals surface area contributed by atoms with Crippen molar-refractivity contribution in [2.24, 2.45) is 11.7 Å². The second kappa shape index (κ2) is 5.91. The van der Waals surface area contributed by atoms with Gasteiger partial charge in [0.05, 0.1) is 6.61 Å². The maximum Gasteiger partial charge on any atom is 0.218 e. The summed E-state index contributed by atoms with van der Waals surface area (Å²) in [5.74, 6) is 1.53. The van der Waals surface area contributed by atoms with Gasteiger partial charge in [-0.1, -0.05) is 12.8 Å². The molecular formula is C16H24N2O. The minimum Gasteiger partial charge on any atom is -0.477 e. The van der Waals surface area contributed by atoms with Crippen LogP contribution in [0.3, 0.4) is 0 Å². The van der Waals surface area contributed by atoms with Crippen LogP contribution in [-0.4, -0.2) is 11.6 Å². The smallest absolute Gasteiger partial charge is 0.218 e. The normalized spacial score (nSPS) is 19.4. The summed E-state index contributed by atoms with van der Waals surface area (Å²) in [6, 6.07) is 2.23. The first kappa shape index (κ1) is 12.9. The lowest BCUT2D eigenvalue weighted by Crippen LogP contribution is -2.14. The van der Waals surface area contributed by atoms with Gasteiger partial charge in [-0.3, -0.25) is 0 Å². The minimum absolute atomic E-state index is 0.528. The molecule has 0 unspecified atom stereocenters. The third kappa shape index (κ3) is 2.92. The number of nitrogens with zero attached hydrogens (tertiary/aromatic N) is 1. The molecule has 0 spiro atoms. The Bertz CT molecular complexity index is 439. The molecule has 0 radical (unpaired) electrons. The molecule has 1 heterocycles. The van der Waals surface area contributed by atoms with E-state index in [0.717, 1.165) is 36.8 Å². The average molecular weight is 260 g/mol. The number of pyridine rings is 1. The van der Waals surface area contributed by atoms with Crippen LogP contribution < -0.4 is 10.5 Å². The van der Waals surface area contributed by atoms with E-state index in [-0.39, 0.29) is 0 Å². The molecule has 19 heavy (non-hydrogen) atoms. The SMILES string of the molecule is NCc1cc2c(nc1OCC1CCCC1)CCCC2. The van der Waals surface area contributed by atoms with E-state index in [1.807, 2.05) is 0 Å². The monoisotopic (exact) mass is 260 g/mol. The van der Waals surface area contributed by atoms with Crippen LogP contribution in [0.15, 0.2) is 6.07 Å². The van der Waals surface area contributed by atoms with Gasteiger partial charge >= 0.3 is 0 Å². The lowest BCUT2D eigenvalue weighted by Gasteiger charge is -2.19. The summed E-state index contributed by atoms with van der Waals surface area (Å²) in [5, 5.41) is 0. The highest BCUT2D eigenvalue weighted by Gasteiger charge is 2.19. The van der Waals surface area contributed by atoms with Crippen molar-refractivity contribution in [2.75, 3.05) is 6.61 Å². The van der Waals surface area contributed by atoms with Crippen LogP contribution >= 0.6 is 0 Å². The highest BCUT2D eigenvalue weighted by molar-refractivity contribution is 5.35. The summed E-state index contributed by atoms with van der Waals surface area (Å²) in [7, 11) is 0. The molecule has 104 valence electrons. The maximum atomic E-state index is 5.99. The fourth-order valence-corrected chi connectivity index (χ4v) is 3.31. The summed E-state index contributed by atoms with van der Waals surface area (Å²) in [6.45, 7) is 1.35. The van der Waals surface area contributed by atoms with Crippen LogP contribution in [0.4, 0.5) is 0 Å². The van der Waals surface area contributed by atoms with Gasteiger partial charge in [-0.05, 0) is 56.1 Å². The van der Waals surface area contributed by atoms with Crippen LogP contribution in [0.2, 0.25) is 0 Å². The van der Waals surface area contributed by atoms with Gasteiger partial charge in [0.1, 0.15) is 0 Å². The Balaban J connectivity index is 1.74. The van der Waals surface area contributed by atoms with Crippen LogP contribution in [0.25, 0.3) is 0 Å². The van der Waals surface area contributed by atoms with Gasteiger partial charge in [-0.25, -0.2) is 4.98 Å². The highest BCUT2D eigenvalue weighted by atomic mass is 16.5. The third-order valence-corrected chi connectivity index (χ3v) is 4.49. The molecule has 2 aliphatic carbocycles. The van der Waals surface area contributed by atoms with Crippen molar-refractivity contribution in [3.05, 3.63) is 22.9 Å². The number of rotatable bonds is 4. The molecule has 2 N–H and O–H groups in total. The van der Waals surface area contributed by atoms with Gasteiger partial charge in [0.15, 0.2) is 0 Å². The van der Waals surface area contributed by atoms with E-state index in [2.05, 4.69) is 6.07 Å². The molecule has 0 atom stereocenters. The van der Waals surface area contributed by atoms with Crippen molar-refractivity contribution in [2.45, 2.75) is 57.9 Å². The van der Waals surface area contributed by atoms with Crippen LogP contribution in [0.1, 0.15) is 55.3 Å². The van der Waals surface area contributed by atoms with E-state index in [1.54, 1.807) is 0 Å². The van der Waals surface area contributed by atoms with Crippen LogP contribution in [0, 0.1) is 5.92 Å². The molecule has 0 saturated heterocycles. The zero-order chi connectivity index (χ0) is 13.1. The summed E-state index contributed by atoms with van der Waals surface area (Å²) < 4.78 is 5.99. The predicted octanol–water partition coefficient (Wildman–Crippen LogP) is 2.99. The number of hydrogen-bond donors (Lipinski definition) is 1. The van der Waals surface area contributed by atoms with E-state index in [0.29, 0.717) is 6.54 Å². The third-order valence-electron chi connectivity index (χ3n) is 4.49. The number of hydrogen-bond acceptors (Lipinski definition) is 3. The minimum atomic E-state index is 0.528. The van der Waals surface area contributed by atoms with Gasteiger partial charge < -0.3 is 10.5 Å². The molecule has 0 aromatic carbocycles. The molecule has 3 nitrogen and oxygen atoms in total. The second-order valence-electron chi connectivity index (χ2n) is 5.93. The highest BCUT2D eigenvalue weighted by Crippen LogP contribution is 2.28. The largest absolute Gasteiger partial charge is 0.477 e. The van der Waals surface area contributed by atoms with Crippen molar-refractivity contribution in [3.63, 3.8) is 0 Å². The molecule has 1 saturated carbocycles. The predicted molar refractivity (Wildman–Crippen MR) is 76.2 cm³/mol. The Morgan fingerprint density at radius 1 is 1.16 bits per heavy atom. The Hall–Kier alpha value is -1.09. The quantitative estimate of drug-likeness (QED) is 0.905. The van der Waals surface area contributed by atoms with Gasteiger partial charge in [0.2, 0.25) is 5.88 Å². The van der Waals surface area contributed by atoms with E-state index in [4.69, 9.17) is 15.5 Å². The van der Waals surface area contributed by atoms with E-state index in [9.17, 15) is 0 Å². The summed E-state index contributed by atoms with van der Waals surface area (Å²) in [5.41, 5.74) is 9.56. The Labute approximate surface area is 115 Å². The van der Waals surface area contributed by atoms with Gasteiger partial charge in [-0.15, -0.1) is 0 Å². The molecule has 3 rings (SSSR count). The van der Waals surface area contributed by atoms with E-state index >= 15 is 0 Å². The molecule has 0 amide bonds. The first-order chi connectivity index (χ1) is 9.36. The fourth-order valence-electron chi connectivity index (χ4n) is 3.31. The Morgan fingerprint density at radius 3 is 2.74 bits per heavy atom. The van der Waals surface area contributed by atoms with Crippen LogP contribution in [0.5, 0.6) is 5.88 Å². The zero-order valence-corrected chi connectivity index (χ0v) is 11.7. The number of aryl methyl sites for hydroxylation is 2. The average Bonchev–Trinajstić information content (AvgIpc) is 2.97. The Morgan fingerprint density at radius 2 is 1.95 bits per heavy atom. The van der Waals surface area contributed by atoms with Crippen molar-refractivity contribution in [3.8, 4) is 5.88 Å². The molecule has 1 fully saturated rings. The number of nitrogens with two attached hydrogens (primary N) is 1. The fraction of sp³-hybridized carbons (Fsp3) is 0.688. The molecule has 2 aliphatic rings. The van der Waals surface area contributed by atoms with Crippen molar-refractivity contribution in [1.82, 2.24) is 4.98 Å². The lowest BCUT2D eigenvalue weighted by molar-refractivity contribution is 0.240. The first-order valence-corrected chi connectivity index (χ1v) is 7.71. The molecule has 3 heteroatoms. The van der Waals surface area contributed by atoms with Crippen molar-refractivity contribution in [1.29, 1.82) is 0 Å². The molecule has 0 aliphatic heterocycles. The molecule has 1 aromatic rings. The molecular weight excluding hydrogens is 236 g/mol. The summed E-state index contributed by atoms with van der Waals surface area (Å²) in [6.07, 6.45) is 10.1. The van der Waals surface area contributed by atoms with E-state index < -0.39 is 0 Å². The van der Waals surface area contributed by atoms with Gasteiger partial charge in [0.25, 0.3) is 0 Å².